The van der Waals surface area contributed by atoms with Crippen LogP contribution in [0.25, 0.3) is 6.08 Å². The molecule has 7 nitrogen and oxygen atoms in total. The van der Waals surface area contributed by atoms with E-state index in [1.54, 1.807) is 25.1 Å². The molecule has 2 aromatic carbocycles. The number of carbonyl (C=O) groups excluding carboxylic acids is 2. The maximum absolute atomic E-state index is 11.0. The molecular weight excluding hydrogens is 352 g/mol. The molecule has 0 radical (unpaired) electrons. The summed E-state index contributed by atoms with van der Waals surface area (Å²) in [5.74, 6) is -2.37. The lowest BCUT2D eigenvalue weighted by atomic mass is 10.1. The minimum Gasteiger partial charge on any atom is -0.478 e. The predicted octanol–water partition coefficient (Wildman–Crippen LogP) is 3.16. The fourth-order valence-electron chi connectivity index (χ4n) is 1.80. The molecule has 0 atom stereocenters. The van der Waals surface area contributed by atoms with Crippen LogP contribution in [0.3, 0.4) is 0 Å². The zero-order chi connectivity index (χ0) is 20.2. The van der Waals surface area contributed by atoms with Crippen LogP contribution in [0.5, 0.6) is 0 Å². The van der Waals surface area contributed by atoms with Gasteiger partial charge in [-0.2, -0.15) is 0 Å². The summed E-state index contributed by atoms with van der Waals surface area (Å²) in [5, 5.41) is 17.1. The van der Waals surface area contributed by atoms with Gasteiger partial charge in [-0.25, -0.2) is 14.4 Å². The van der Waals surface area contributed by atoms with E-state index in [1.807, 2.05) is 0 Å². The van der Waals surface area contributed by atoms with Crippen molar-refractivity contribution in [3.8, 4) is 0 Å². The van der Waals surface area contributed by atoms with Crippen LogP contribution in [0.15, 0.2) is 54.6 Å². The summed E-state index contributed by atoms with van der Waals surface area (Å²) in [6.45, 7) is 2.06. The molecule has 0 spiro atoms. The van der Waals surface area contributed by atoms with Crippen LogP contribution in [0.1, 0.15) is 43.6 Å². The van der Waals surface area contributed by atoms with Gasteiger partial charge in [0, 0.05) is 11.6 Å². The fourth-order valence-corrected chi connectivity index (χ4v) is 1.80. The van der Waals surface area contributed by atoms with Gasteiger partial charge in [0.15, 0.2) is 0 Å². The van der Waals surface area contributed by atoms with Gasteiger partial charge in [0.1, 0.15) is 6.29 Å². The fraction of sp³-hybridized carbons (Fsp3) is 0.100. The number of carbonyl (C=O) groups is 4. The van der Waals surface area contributed by atoms with Crippen LogP contribution < -0.4 is 0 Å². The Labute approximate surface area is 155 Å². The number of rotatable bonds is 6. The second kappa shape index (κ2) is 11.0. The van der Waals surface area contributed by atoms with Crippen LogP contribution in [0.4, 0.5) is 0 Å². The topological polar surface area (TPSA) is 118 Å². The minimum absolute atomic E-state index is 0.190. The molecule has 0 unspecified atom stereocenters. The van der Waals surface area contributed by atoms with Gasteiger partial charge < -0.3 is 14.9 Å². The van der Waals surface area contributed by atoms with Crippen LogP contribution >= 0.6 is 0 Å². The van der Waals surface area contributed by atoms with Gasteiger partial charge in [0.25, 0.3) is 0 Å². The second-order valence-corrected chi connectivity index (χ2v) is 5.06. The molecule has 0 aliphatic carbocycles. The molecule has 7 heteroatoms. The van der Waals surface area contributed by atoms with Crippen molar-refractivity contribution in [1.82, 2.24) is 0 Å². The third kappa shape index (κ3) is 7.78. The molecule has 0 amide bonds. The first kappa shape index (κ1) is 21.3. The van der Waals surface area contributed by atoms with E-state index in [1.165, 1.54) is 42.5 Å². The highest BCUT2D eigenvalue weighted by molar-refractivity contribution is 5.89. The van der Waals surface area contributed by atoms with Crippen LogP contribution in [-0.2, 0) is 9.53 Å². The molecule has 0 bridgehead atoms. The van der Waals surface area contributed by atoms with Gasteiger partial charge in [-0.3, -0.25) is 4.79 Å². The zero-order valence-corrected chi connectivity index (χ0v) is 14.5. The zero-order valence-electron chi connectivity index (χ0n) is 14.5. The van der Waals surface area contributed by atoms with E-state index in [4.69, 9.17) is 14.9 Å². The molecule has 0 aliphatic rings. The lowest BCUT2D eigenvalue weighted by Gasteiger charge is -1.96. The molecule has 0 saturated carbocycles. The number of carboxylic acids is 2. The summed E-state index contributed by atoms with van der Waals surface area (Å²) < 4.78 is 4.71. The van der Waals surface area contributed by atoms with E-state index in [0.29, 0.717) is 18.5 Å². The minimum atomic E-state index is -0.984. The lowest BCUT2D eigenvalue weighted by Crippen LogP contribution is -1.98. The predicted molar refractivity (Wildman–Crippen MR) is 97.9 cm³/mol. The number of aromatic carboxylic acids is 2. The maximum Gasteiger partial charge on any atom is 0.335 e. The van der Waals surface area contributed by atoms with Crippen molar-refractivity contribution < 1.29 is 34.1 Å². The number of hydrogen-bond acceptors (Lipinski definition) is 5. The Bertz CT molecular complexity index is 818. The van der Waals surface area contributed by atoms with Crippen LogP contribution in [0, 0.1) is 0 Å². The quantitative estimate of drug-likeness (QED) is 0.455. The van der Waals surface area contributed by atoms with Crippen molar-refractivity contribution in [1.29, 1.82) is 0 Å². The second-order valence-electron chi connectivity index (χ2n) is 5.06. The molecular formula is C20H18O7. The number of aldehydes is 1. The summed E-state index contributed by atoms with van der Waals surface area (Å²) in [7, 11) is 0. The highest BCUT2D eigenvalue weighted by atomic mass is 16.5. The average Bonchev–Trinajstić information content (AvgIpc) is 2.67. The number of hydrogen-bond donors (Lipinski definition) is 2. The highest BCUT2D eigenvalue weighted by Gasteiger charge is 2.01. The lowest BCUT2D eigenvalue weighted by molar-refractivity contribution is -0.137. The molecule has 140 valence electrons. The number of benzene rings is 2. The molecule has 27 heavy (non-hydrogen) atoms. The molecule has 2 N–H and O–H groups in total. The summed E-state index contributed by atoms with van der Waals surface area (Å²) >= 11 is 0. The summed E-state index contributed by atoms with van der Waals surface area (Å²) in [6, 6.07) is 11.9. The third-order valence-electron chi connectivity index (χ3n) is 3.15. The molecule has 0 saturated heterocycles. The van der Waals surface area contributed by atoms with Gasteiger partial charge in [-0.1, -0.05) is 24.3 Å². The smallest absolute Gasteiger partial charge is 0.335 e. The van der Waals surface area contributed by atoms with Crippen molar-refractivity contribution in [2.75, 3.05) is 6.61 Å². The van der Waals surface area contributed by atoms with Crippen molar-refractivity contribution >= 4 is 30.3 Å². The monoisotopic (exact) mass is 370 g/mol. The van der Waals surface area contributed by atoms with Gasteiger partial charge >= 0.3 is 17.9 Å². The Morgan fingerprint density at radius 2 is 1.30 bits per heavy atom. The highest BCUT2D eigenvalue weighted by Crippen LogP contribution is 2.06. The Hall–Kier alpha value is -3.74. The average molecular weight is 370 g/mol. The standard InChI is InChI=1S/C12H12O4.C8H6O3/c1-2-16-11(13)8-5-9-3-6-10(7-4-9)12(14)15;9-5-6-1-3-7(4-2-6)8(10)11/h3-8H,2H2,1H3,(H,14,15);1-5H,(H,10,11)/b8-5+;. The van der Waals surface area contributed by atoms with Crippen molar-refractivity contribution in [2.45, 2.75) is 6.92 Å². The van der Waals surface area contributed by atoms with E-state index in [-0.39, 0.29) is 11.1 Å². The Morgan fingerprint density at radius 3 is 1.67 bits per heavy atom. The molecule has 2 rings (SSSR count). The van der Waals surface area contributed by atoms with Gasteiger partial charge in [0.05, 0.1) is 17.7 Å². The molecule has 0 aliphatic heterocycles. The van der Waals surface area contributed by atoms with Gasteiger partial charge in [-0.15, -0.1) is 0 Å². The summed E-state index contributed by atoms with van der Waals surface area (Å²) in [6.07, 6.45) is 3.55. The first-order valence-corrected chi connectivity index (χ1v) is 7.84. The molecule has 0 aromatic heterocycles. The molecule has 2 aromatic rings. The number of ether oxygens (including phenoxy) is 1. The van der Waals surface area contributed by atoms with Crippen LogP contribution in [-0.4, -0.2) is 41.0 Å². The van der Waals surface area contributed by atoms with E-state index >= 15 is 0 Å². The number of carboxylic acid groups (broad SMARTS) is 2. The summed E-state index contributed by atoms with van der Waals surface area (Å²) in [5.41, 5.74) is 1.64. The van der Waals surface area contributed by atoms with Gasteiger partial charge in [0.2, 0.25) is 0 Å². The van der Waals surface area contributed by atoms with Gasteiger partial charge in [-0.05, 0) is 42.8 Å². The van der Waals surface area contributed by atoms with E-state index in [0.717, 1.165) is 5.56 Å². The van der Waals surface area contributed by atoms with E-state index in [2.05, 4.69) is 0 Å². The van der Waals surface area contributed by atoms with Crippen molar-refractivity contribution in [3.63, 3.8) is 0 Å². The van der Waals surface area contributed by atoms with Crippen molar-refractivity contribution in [3.05, 3.63) is 76.9 Å². The SMILES string of the molecule is CCOC(=O)/C=C/c1ccc(C(=O)O)cc1.O=Cc1ccc(C(=O)O)cc1. The Kier molecular flexibility index (Phi) is 8.67. The van der Waals surface area contributed by atoms with E-state index < -0.39 is 17.9 Å². The number of esters is 1. The van der Waals surface area contributed by atoms with Crippen LogP contribution in [0.2, 0.25) is 0 Å². The maximum atomic E-state index is 11.0. The Balaban J connectivity index is 0.000000289. The first-order valence-electron chi connectivity index (χ1n) is 7.84. The normalized spacial score (nSPS) is 9.81. The first-order chi connectivity index (χ1) is 12.9. The van der Waals surface area contributed by atoms with E-state index in [9.17, 15) is 19.2 Å². The molecule has 0 fully saturated rings. The van der Waals surface area contributed by atoms with Crippen molar-refractivity contribution in [2.24, 2.45) is 0 Å². The largest absolute Gasteiger partial charge is 0.478 e. The summed E-state index contributed by atoms with van der Waals surface area (Å²) in [4.78, 5) is 42.0. The molecule has 0 heterocycles. The Morgan fingerprint density at radius 1 is 0.852 bits per heavy atom. The third-order valence-corrected chi connectivity index (χ3v) is 3.15.